The second kappa shape index (κ2) is 9.02. The van der Waals surface area contributed by atoms with E-state index >= 15 is 0 Å². The average molecular weight is 421 g/mol. The van der Waals surface area contributed by atoms with Gasteiger partial charge in [-0.3, -0.25) is 4.79 Å². The Hall–Kier alpha value is -2.29. The Morgan fingerprint density at radius 2 is 1.66 bits per heavy atom. The lowest BCUT2D eigenvalue weighted by molar-refractivity contribution is -0.130. The predicted octanol–water partition coefficient (Wildman–Crippen LogP) is 2.28. The topological polar surface area (TPSA) is 84.5 Å². The Bertz CT molecular complexity index is 938. The smallest absolute Gasteiger partial charge is 0.240 e. The summed E-state index contributed by atoms with van der Waals surface area (Å²) in [7, 11) is -3.63. The van der Waals surface area contributed by atoms with Gasteiger partial charge in [0, 0.05) is 26.3 Å². The summed E-state index contributed by atoms with van der Waals surface area (Å²) in [5.74, 6) is -0.566. The number of nitrogens with one attached hydrogen (secondary N) is 2. The van der Waals surface area contributed by atoms with Crippen LogP contribution in [0.1, 0.15) is 24.0 Å². The van der Waals surface area contributed by atoms with Crippen molar-refractivity contribution in [2.45, 2.75) is 30.1 Å². The van der Waals surface area contributed by atoms with Gasteiger partial charge in [0.2, 0.25) is 15.9 Å². The third kappa shape index (κ3) is 5.01. The SMILES string of the molecule is Cc1ccc(S(=O)(=O)NCCNC(=O)C2(c3ccc(F)cc3)CCOCC2)cc1. The van der Waals surface area contributed by atoms with Crippen LogP contribution in [0.15, 0.2) is 53.4 Å². The largest absolute Gasteiger partial charge is 0.381 e. The third-order valence-corrected chi connectivity index (χ3v) is 6.69. The van der Waals surface area contributed by atoms with E-state index in [0.29, 0.717) is 26.1 Å². The minimum absolute atomic E-state index is 0.0674. The van der Waals surface area contributed by atoms with Crippen molar-refractivity contribution in [3.05, 3.63) is 65.5 Å². The molecule has 0 saturated carbocycles. The quantitative estimate of drug-likeness (QED) is 0.673. The van der Waals surface area contributed by atoms with Crippen LogP contribution in [0.3, 0.4) is 0 Å². The molecule has 1 aliphatic rings. The first-order valence-electron chi connectivity index (χ1n) is 9.52. The summed E-state index contributed by atoms with van der Waals surface area (Å²) >= 11 is 0. The Labute approximate surface area is 170 Å². The van der Waals surface area contributed by atoms with Crippen LogP contribution in [-0.4, -0.2) is 40.6 Å². The van der Waals surface area contributed by atoms with E-state index in [1.165, 1.54) is 12.1 Å². The first-order chi connectivity index (χ1) is 13.8. The molecule has 1 aliphatic heterocycles. The highest BCUT2D eigenvalue weighted by Crippen LogP contribution is 2.35. The van der Waals surface area contributed by atoms with Crippen LogP contribution in [0, 0.1) is 12.7 Å². The maximum atomic E-state index is 13.3. The number of ether oxygens (including phenoxy) is 1. The summed E-state index contributed by atoms with van der Waals surface area (Å²) in [4.78, 5) is 13.2. The molecule has 2 N–H and O–H groups in total. The number of rotatable bonds is 7. The fraction of sp³-hybridized carbons (Fsp3) is 0.381. The molecule has 6 nitrogen and oxygen atoms in total. The minimum Gasteiger partial charge on any atom is -0.381 e. The summed E-state index contributed by atoms with van der Waals surface area (Å²) in [5.41, 5.74) is 0.903. The minimum atomic E-state index is -3.63. The molecule has 156 valence electrons. The Morgan fingerprint density at radius 3 is 2.28 bits per heavy atom. The second-order valence-corrected chi connectivity index (χ2v) is 8.94. The molecular formula is C21H25FN2O4S. The number of sulfonamides is 1. The predicted molar refractivity (Wildman–Crippen MR) is 108 cm³/mol. The molecule has 8 heteroatoms. The van der Waals surface area contributed by atoms with Gasteiger partial charge in [0.05, 0.1) is 10.3 Å². The summed E-state index contributed by atoms with van der Waals surface area (Å²) in [6.45, 7) is 2.97. The van der Waals surface area contributed by atoms with E-state index < -0.39 is 15.4 Å². The molecule has 1 saturated heterocycles. The first-order valence-corrected chi connectivity index (χ1v) is 11.0. The van der Waals surface area contributed by atoms with Crippen LogP contribution in [0.5, 0.6) is 0 Å². The molecule has 0 unspecified atom stereocenters. The van der Waals surface area contributed by atoms with Gasteiger partial charge in [0.25, 0.3) is 0 Å². The molecule has 0 spiro atoms. The summed E-state index contributed by atoms with van der Waals surface area (Å²) in [6, 6.07) is 12.5. The number of carbonyl (C=O) groups is 1. The van der Waals surface area contributed by atoms with E-state index in [9.17, 15) is 17.6 Å². The molecule has 3 rings (SSSR count). The van der Waals surface area contributed by atoms with Gasteiger partial charge in [-0.1, -0.05) is 29.8 Å². The standard InChI is InChI=1S/C21H25FN2O4S/c1-16-2-8-19(9-3-16)29(26,27)24-13-12-23-20(25)21(10-14-28-15-11-21)17-4-6-18(22)7-5-17/h2-9,24H,10-15H2,1H3,(H,23,25). The zero-order chi connectivity index (χ0) is 20.9. The van der Waals surface area contributed by atoms with Gasteiger partial charge in [0.1, 0.15) is 5.82 Å². The van der Waals surface area contributed by atoms with Crippen molar-refractivity contribution in [1.82, 2.24) is 10.0 Å². The molecule has 0 aliphatic carbocycles. The molecule has 29 heavy (non-hydrogen) atoms. The van der Waals surface area contributed by atoms with Crippen molar-refractivity contribution in [1.29, 1.82) is 0 Å². The van der Waals surface area contributed by atoms with E-state index in [4.69, 9.17) is 4.74 Å². The van der Waals surface area contributed by atoms with Crippen LogP contribution >= 0.6 is 0 Å². The van der Waals surface area contributed by atoms with Crippen molar-refractivity contribution in [3.8, 4) is 0 Å². The molecule has 0 radical (unpaired) electrons. The maximum absolute atomic E-state index is 13.3. The Kier molecular flexibility index (Phi) is 6.66. The Morgan fingerprint density at radius 1 is 1.03 bits per heavy atom. The van der Waals surface area contributed by atoms with Gasteiger partial charge in [0.15, 0.2) is 0 Å². The molecule has 1 heterocycles. The highest BCUT2D eigenvalue weighted by atomic mass is 32.2. The van der Waals surface area contributed by atoms with Crippen LogP contribution in [-0.2, 0) is 25.0 Å². The van der Waals surface area contributed by atoms with E-state index in [-0.39, 0.29) is 29.7 Å². The summed E-state index contributed by atoms with van der Waals surface area (Å²) < 4.78 is 45.9. The van der Waals surface area contributed by atoms with E-state index in [2.05, 4.69) is 10.0 Å². The van der Waals surface area contributed by atoms with Gasteiger partial charge >= 0.3 is 0 Å². The van der Waals surface area contributed by atoms with Crippen molar-refractivity contribution in [3.63, 3.8) is 0 Å². The second-order valence-electron chi connectivity index (χ2n) is 7.17. The number of amides is 1. The number of carbonyl (C=O) groups excluding carboxylic acids is 1. The fourth-order valence-electron chi connectivity index (χ4n) is 3.47. The van der Waals surface area contributed by atoms with Crippen LogP contribution in [0.2, 0.25) is 0 Å². The van der Waals surface area contributed by atoms with Crippen LogP contribution < -0.4 is 10.0 Å². The number of hydrogen-bond donors (Lipinski definition) is 2. The molecular weight excluding hydrogens is 395 g/mol. The average Bonchev–Trinajstić information content (AvgIpc) is 2.72. The van der Waals surface area contributed by atoms with E-state index in [1.54, 1.807) is 36.4 Å². The van der Waals surface area contributed by atoms with Crippen molar-refractivity contribution >= 4 is 15.9 Å². The number of hydrogen-bond acceptors (Lipinski definition) is 4. The van der Waals surface area contributed by atoms with Gasteiger partial charge in [-0.2, -0.15) is 0 Å². The molecule has 1 amide bonds. The van der Waals surface area contributed by atoms with Gasteiger partial charge in [-0.05, 0) is 49.6 Å². The van der Waals surface area contributed by atoms with E-state index in [0.717, 1.165) is 11.1 Å². The van der Waals surface area contributed by atoms with Gasteiger partial charge in [-0.15, -0.1) is 0 Å². The van der Waals surface area contributed by atoms with Crippen molar-refractivity contribution < 1.29 is 22.3 Å². The lowest BCUT2D eigenvalue weighted by Gasteiger charge is -2.36. The monoisotopic (exact) mass is 420 g/mol. The normalized spacial score (nSPS) is 16.3. The molecule has 2 aromatic carbocycles. The van der Waals surface area contributed by atoms with Crippen molar-refractivity contribution in [2.75, 3.05) is 26.3 Å². The van der Waals surface area contributed by atoms with E-state index in [1.807, 2.05) is 6.92 Å². The zero-order valence-electron chi connectivity index (χ0n) is 16.3. The lowest BCUT2D eigenvalue weighted by atomic mass is 9.73. The highest BCUT2D eigenvalue weighted by molar-refractivity contribution is 7.89. The molecule has 0 bridgehead atoms. The molecule has 2 aromatic rings. The van der Waals surface area contributed by atoms with Crippen LogP contribution in [0.4, 0.5) is 4.39 Å². The third-order valence-electron chi connectivity index (χ3n) is 5.21. The van der Waals surface area contributed by atoms with Gasteiger partial charge < -0.3 is 10.1 Å². The lowest BCUT2D eigenvalue weighted by Crippen LogP contribution is -2.49. The molecule has 0 atom stereocenters. The summed E-state index contributed by atoms with van der Waals surface area (Å²) in [5, 5.41) is 2.82. The highest BCUT2D eigenvalue weighted by Gasteiger charge is 2.41. The van der Waals surface area contributed by atoms with Crippen LogP contribution in [0.25, 0.3) is 0 Å². The fourth-order valence-corrected chi connectivity index (χ4v) is 4.50. The first kappa shape index (κ1) is 21.4. The number of halogens is 1. The zero-order valence-corrected chi connectivity index (χ0v) is 17.1. The Balaban J connectivity index is 1.62. The molecule has 1 fully saturated rings. The number of benzene rings is 2. The molecule has 0 aromatic heterocycles. The van der Waals surface area contributed by atoms with Gasteiger partial charge in [-0.25, -0.2) is 17.5 Å². The summed E-state index contributed by atoms with van der Waals surface area (Å²) in [6.07, 6.45) is 0.971. The maximum Gasteiger partial charge on any atom is 0.240 e. The van der Waals surface area contributed by atoms with Crippen molar-refractivity contribution in [2.24, 2.45) is 0 Å². The number of aryl methyl sites for hydroxylation is 1.